The fourth-order valence-corrected chi connectivity index (χ4v) is 6.50. The maximum Gasteiger partial charge on any atom is 0.338 e. The average molecular weight is 677 g/mol. The van der Waals surface area contributed by atoms with Crippen molar-refractivity contribution in [1.82, 2.24) is 4.57 Å². The Hall–Kier alpha value is -4.48. The molecular weight excluding hydrogens is 646 g/mol. The topological polar surface area (TPSA) is 108 Å². The highest BCUT2D eigenvalue weighted by Gasteiger charge is 2.32. The lowest BCUT2D eigenvalue weighted by Gasteiger charge is -2.24. The van der Waals surface area contributed by atoms with E-state index in [9.17, 15) is 14.4 Å². The van der Waals surface area contributed by atoms with Gasteiger partial charge in [-0.1, -0.05) is 47.7 Å². The molecule has 1 N–H and O–H groups in total. The van der Waals surface area contributed by atoms with Gasteiger partial charge in [-0.25, -0.2) is 9.79 Å². The molecule has 226 valence electrons. The Morgan fingerprint density at radius 2 is 1.75 bits per heavy atom. The van der Waals surface area contributed by atoms with Gasteiger partial charge in [0.1, 0.15) is 0 Å². The molecule has 0 saturated heterocycles. The number of amides is 1. The van der Waals surface area contributed by atoms with Crippen molar-refractivity contribution in [2.75, 3.05) is 26.1 Å². The van der Waals surface area contributed by atoms with Crippen LogP contribution in [0.25, 0.3) is 6.08 Å². The minimum Gasteiger partial charge on any atom is -0.493 e. The number of esters is 1. The zero-order chi connectivity index (χ0) is 31.5. The lowest BCUT2D eigenvalue weighted by Crippen LogP contribution is -2.39. The summed E-state index contributed by atoms with van der Waals surface area (Å²) in [4.78, 5) is 44.3. The van der Waals surface area contributed by atoms with E-state index < -0.39 is 12.0 Å². The van der Waals surface area contributed by atoms with E-state index in [2.05, 4.69) is 26.2 Å². The Bertz CT molecular complexity index is 1980. The van der Waals surface area contributed by atoms with E-state index in [1.165, 1.54) is 30.1 Å². The minimum atomic E-state index is -0.678. The summed E-state index contributed by atoms with van der Waals surface area (Å²) in [6.45, 7) is 5.49. The first-order chi connectivity index (χ1) is 21.1. The molecule has 1 amide bonds. The van der Waals surface area contributed by atoms with Crippen molar-refractivity contribution < 1.29 is 23.8 Å². The van der Waals surface area contributed by atoms with E-state index in [4.69, 9.17) is 14.2 Å². The number of thiazole rings is 1. The number of halogens is 1. The number of hydrogen-bond acceptors (Lipinski definition) is 8. The first kappa shape index (κ1) is 31.0. The molecule has 44 heavy (non-hydrogen) atoms. The predicted molar refractivity (Wildman–Crippen MR) is 173 cm³/mol. The summed E-state index contributed by atoms with van der Waals surface area (Å²) in [7, 11) is 2.82. The van der Waals surface area contributed by atoms with Crippen LogP contribution < -0.4 is 29.7 Å². The molecule has 1 aromatic heterocycles. The van der Waals surface area contributed by atoms with E-state index in [-0.39, 0.29) is 18.1 Å². The number of benzene rings is 3. The van der Waals surface area contributed by atoms with Gasteiger partial charge in [-0.3, -0.25) is 14.2 Å². The van der Waals surface area contributed by atoms with Gasteiger partial charge >= 0.3 is 5.97 Å². The second kappa shape index (κ2) is 13.0. The molecular formula is C33H30BrN3O6S. The van der Waals surface area contributed by atoms with Crippen molar-refractivity contribution >= 4 is 50.9 Å². The van der Waals surface area contributed by atoms with Crippen LogP contribution in [0.2, 0.25) is 0 Å². The number of carbonyl (C=O) groups is 2. The second-order valence-corrected chi connectivity index (χ2v) is 12.0. The van der Waals surface area contributed by atoms with Crippen LogP contribution in [0.3, 0.4) is 0 Å². The summed E-state index contributed by atoms with van der Waals surface area (Å²) in [6, 6.07) is 17.7. The molecule has 9 nitrogen and oxygen atoms in total. The predicted octanol–water partition coefficient (Wildman–Crippen LogP) is 4.81. The molecule has 1 atom stereocenters. The number of nitrogens with zero attached hydrogens (tertiary/aromatic N) is 2. The van der Waals surface area contributed by atoms with Crippen molar-refractivity contribution in [3.05, 3.63) is 118 Å². The highest BCUT2D eigenvalue weighted by atomic mass is 79.9. The molecule has 0 saturated carbocycles. The number of ether oxygens (including phenoxy) is 3. The molecule has 1 aliphatic rings. The van der Waals surface area contributed by atoms with E-state index >= 15 is 0 Å². The molecule has 0 aliphatic carbocycles. The lowest BCUT2D eigenvalue weighted by atomic mass is 9.96. The van der Waals surface area contributed by atoms with E-state index in [1.807, 2.05) is 56.3 Å². The van der Waals surface area contributed by atoms with Crippen LogP contribution in [-0.4, -0.2) is 37.3 Å². The van der Waals surface area contributed by atoms with Gasteiger partial charge in [0.25, 0.3) is 11.5 Å². The summed E-state index contributed by atoms with van der Waals surface area (Å²) in [5, 5.41) is 2.86. The zero-order valence-corrected chi connectivity index (χ0v) is 27.2. The lowest BCUT2D eigenvalue weighted by molar-refractivity contribution is -0.136. The molecule has 0 spiro atoms. The smallest absolute Gasteiger partial charge is 0.338 e. The van der Waals surface area contributed by atoms with Gasteiger partial charge in [0.05, 0.1) is 41.8 Å². The number of nitrogens with one attached hydrogen (secondary N) is 1. The fourth-order valence-electron chi connectivity index (χ4n) is 4.89. The zero-order valence-electron chi connectivity index (χ0n) is 24.8. The van der Waals surface area contributed by atoms with Crippen molar-refractivity contribution in [3.63, 3.8) is 0 Å². The number of methoxy groups -OCH3 is 2. The fraction of sp³-hybridized carbons (Fsp3) is 0.212. The summed E-state index contributed by atoms with van der Waals surface area (Å²) in [6.07, 6.45) is 1.74. The quantitative estimate of drug-likeness (QED) is 0.269. The number of aryl methyl sites for hydroxylation is 2. The number of fused-ring (bicyclic) bond motifs is 1. The second-order valence-electron chi connectivity index (χ2n) is 10.1. The van der Waals surface area contributed by atoms with E-state index in [0.717, 1.165) is 21.2 Å². The van der Waals surface area contributed by atoms with Gasteiger partial charge in [-0.15, -0.1) is 0 Å². The highest BCUT2D eigenvalue weighted by molar-refractivity contribution is 9.10. The third kappa shape index (κ3) is 6.24. The third-order valence-electron chi connectivity index (χ3n) is 7.24. The van der Waals surface area contributed by atoms with Crippen LogP contribution >= 0.6 is 27.3 Å². The van der Waals surface area contributed by atoms with Crippen molar-refractivity contribution in [3.8, 4) is 11.5 Å². The van der Waals surface area contributed by atoms with E-state index in [0.29, 0.717) is 43.4 Å². The van der Waals surface area contributed by atoms with Crippen LogP contribution in [-0.2, 0) is 14.3 Å². The maximum absolute atomic E-state index is 13.8. The van der Waals surface area contributed by atoms with Gasteiger partial charge in [-0.05, 0) is 89.3 Å². The Labute approximate surface area is 266 Å². The number of hydrogen-bond donors (Lipinski definition) is 1. The Balaban J connectivity index is 1.43. The molecule has 0 radical (unpaired) electrons. The van der Waals surface area contributed by atoms with Gasteiger partial charge < -0.3 is 19.5 Å². The standard InChI is InChI=1S/C33H30BrN3O6S/c1-18-13-23(34)24(14-19(18)2)36-28(38)17-43-25-12-11-21(15-26(25)41-4)16-27-31(39)37-30(22-9-7-6-8-10-22)29(32(40)42-5)20(3)35-33(37)44-27/h6-16,30H,17H2,1-5H3,(H,36,38). The van der Waals surface area contributed by atoms with Crippen LogP contribution in [0.1, 0.15) is 35.2 Å². The third-order valence-corrected chi connectivity index (χ3v) is 8.88. The maximum atomic E-state index is 13.8. The van der Waals surface area contributed by atoms with Crippen LogP contribution in [0.5, 0.6) is 11.5 Å². The van der Waals surface area contributed by atoms with Gasteiger partial charge in [0.15, 0.2) is 22.9 Å². The number of anilines is 1. The summed E-state index contributed by atoms with van der Waals surface area (Å²) >= 11 is 4.72. The molecule has 0 bridgehead atoms. The Kier molecular flexibility index (Phi) is 9.17. The summed E-state index contributed by atoms with van der Waals surface area (Å²) in [5.74, 6) is -0.0821. The Morgan fingerprint density at radius 3 is 2.45 bits per heavy atom. The van der Waals surface area contributed by atoms with Crippen LogP contribution in [0.4, 0.5) is 5.69 Å². The van der Waals surface area contributed by atoms with Gasteiger partial charge in [-0.2, -0.15) is 0 Å². The first-order valence-corrected chi connectivity index (χ1v) is 15.3. The van der Waals surface area contributed by atoms with Crippen molar-refractivity contribution in [2.24, 2.45) is 4.99 Å². The molecule has 1 aliphatic heterocycles. The van der Waals surface area contributed by atoms with Crippen molar-refractivity contribution in [2.45, 2.75) is 26.8 Å². The minimum absolute atomic E-state index is 0.227. The summed E-state index contributed by atoms with van der Waals surface area (Å²) in [5.41, 5.74) is 4.81. The van der Waals surface area contributed by atoms with Gasteiger partial charge in [0, 0.05) is 4.47 Å². The first-order valence-electron chi connectivity index (χ1n) is 13.6. The molecule has 1 unspecified atom stereocenters. The highest BCUT2D eigenvalue weighted by Crippen LogP contribution is 2.31. The molecule has 2 heterocycles. The molecule has 11 heteroatoms. The average Bonchev–Trinajstić information content (AvgIpc) is 3.32. The molecule has 0 fully saturated rings. The molecule has 3 aromatic carbocycles. The SMILES string of the molecule is COC(=O)C1=C(C)N=c2sc(=Cc3ccc(OCC(=O)Nc4cc(C)c(C)cc4Br)c(OC)c3)c(=O)n2C1c1ccccc1. The number of rotatable bonds is 8. The monoisotopic (exact) mass is 675 g/mol. The normalized spacial score (nSPS) is 14.5. The number of aromatic nitrogens is 1. The Morgan fingerprint density at radius 1 is 1.02 bits per heavy atom. The summed E-state index contributed by atoms with van der Waals surface area (Å²) < 4.78 is 19.1. The van der Waals surface area contributed by atoms with Gasteiger partial charge in [0.2, 0.25) is 0 Å². The van der Waals surface area contributed by atoms with E-state index in [1.54, 1.807) is 31.2 Å². The van der Waals surface area contributed by atoms with Crippen LogP contribution in [0.15, 0.2) is 86.2 Å². The largest absolute Gasteiger partial charge is 0.493 e. The number of allylic oxidation sites excluding steroid dienone is 1. The number of carbonyl (C=O) groups excluding carboxylic acids is 2. The van der Waals surface area contributed by atoms with Crippen molar-refractivity contribution in [1.29, 1.82) is 0 Å². The molecule has 4 aromatic rings. The molecule has 5 rings (SSSR count). The van der Waals surface area contributed by atoms with Crippen LogP contribution in [0, 0.1) is 13.8 Å².